The zero-order valence-electron chi connectivity index (χ0n) is 14.3. The Bertz CT molecular complexity index is 790. The van der Waals surface area contributed by atoms with Crippen molar-refractivity contribution in [3.8, 4) is 0 Å². The van der Waals surface area contributed by atoms with E-state index in [4.69, 9.17) is 0 Å². The van der Waals surface area contributed by atoms with E-state index in [1.54, 1.807) is 18.2 Å². The van der Waals surface area contributed by atoms with E-state index in [-0.39, 0.29) is 11.8 Å². The number of aryl methyl sites for hydroxylation is 1. The fourth-order valence-corrected chi connectivity index (χ4v) is 2.47. The molecule has 4 heteroatoms. The topological polar surface area (TPSA) is 58.2 Å². The molecule has 25 heavy (non-hydrogen) atoms. The molecule has 3 rings (SSSR count). The Hall–Kier alpha value is -2.88. The van der Waals surface area contributed by atoms with Crippen molar-refractivity contribution >= 4 is 23.6 Å². The van der Waals surface area contributed by atoms with E-state index in [0.717, 1.165) is 30.5 Å². The lowest BCUT2D eigenvalue weighted by Gasteiger charge is -2.04. The maximum Gasteiger partial charge on any atom is 0.251 e. The molecule has 0 radical (unpaired) electrons. The van der Waals surface area contributed by atoms with E-state index in [1.165, 1.54) is 11.6 Å². The van der Waals surface area contributed by atoms with Crippen LogP contribution in [0.15, 0.2) is 54.6 Å². The van der Waals surface area contributed by atoms with Gasteiger partial charge in [0.15, 0.2) is 0 Å². The van der Waals surface area contributed by atoms with E-state index in [1.807, 2.05) is 36.4 Å². The maximum atomic E-state index is 12.0. The van der Waals surface area contributed by atoms with E-state index in [2.05, 4.69) is 17.6 Å². The lowest BCUT2D eigenvalue weighted by Crippen LogP contribution is -2.25. The summed E-state index contributed by atoms with van der Waals surface area (Å²) in [6.45, 7) is 2.08. The van der Waals surface area contributed by atoms with E-state index in [9.17, 15) is 9.59 Å². The predicted molar refractivity (Wildman–Crippen MR) is 100 cm³/mol. The van der Waals surface area contributed by atoms with Crippen molar-refractivity contribution in [3.05, 3.63) is 71.3 Å². The molecule has 0 bridgehead atoms. The molecule has 0 unspecified atom stereocenters. The number of benzene rings is 2. The average Bonchev–Trinajstić information content (AvgIpc) is 3.44. The monoisotopic (exact) mass is 334 g/mol. The Balaban J connectivity index is 1.57. The second-order valence-electron chi connectivity index (χ2n) is 6.25. The van der Waals surface area contributed by atoms with Crippen LogP contribution in [-0.4, -0.2) is 17.9 Å². The zero-order valence-corrected chi connectivity index (χ0v) is 14.3. The molecule has 1 aliphatic rings. The maximum absolute atomic E-state index is 12.0. The Morgan fingerprint density at radius 3 is 2.56 bits per heavy atom. The minimum absolute atomic E-state index is 0.0356. The van der Waals surface area contributed by atoms with E-state index in [0.29, 0.717) is 11.6 Å². The predicted octanol–water partition coefficient (Wildman–Crippen LogP) is 3.79. The van der Waals surface area contributed by atoms with Crippen LogP contribution in [0.2, 0.25) is 0 Å². The van der Waals surface area contributed by atoms with Gasteiger partial charge in [-0.05, 0) is 60.7 Å². The molecular weight excluding hydrogens is 312 g/mol. The summed E-state index contributed by atoms with van der Waals surface area (Å²) in [6.07, 6.45) is 6.31. The summed E-state index contributed by atoms with van der Waals surface area (Å²) in [5.74, 6) is -0.213. The number of hydrogen-bond acceptors (Lipinski definition) is 2. The summed E-state index contributed by atoms with van der Waals surface area (Å²) in [5, 5.41) is 5.81. The van der Waals surface area contributed by atoms with Gasteiger partial charge in [-0.1, -0.05) is 31.2 Å². The highest BCUT2D eigenvalue weighted by Crippen LogP contribution is 2.19. The Kier molecular flexibility index (Phi) is 5.29. The summed E-state index contributed by atoms with van der Waals surface area (Å²) in [5.41, 5.74) is 3.49. The molecule has 128 valence electrons. The van der Waals surface area contributed by atoms with Gasteiger partial charge in [0.2, 0.25) is 5.91 Å². The summed E-state index contributed by atoms with van der Waals surface area (Å²) in [4.78, 5) is 24.0. The second kappa shape index (κ2) is 7.79. The Morgan fingerprint density at radius 2 is 1.88 bits per heavy atom. The van der Waals surface area contributed by atoms with Gasteiger partial charge in [0.05, 0.1) is 0 Å². The average molecular weight is 334 g/mol. The van der Waals surface area contributed by atoms with Crippen LogP contribution in [0.4, 0.5) is 5.69 Å². The highest BCUT2D eigenvalue weighted by atomic mass is 16.2. The smallest absolute Gasteiger partial charge is 0.251 e. The molecule has 1 fully saturated rings. The fraction of sp³-hybridized carbons (Fsp3) is 0.238. The van der Waals surface area contributed by atoms with Gasteiger partial charge in [0.25, 0.3) is 5.91 Å². The number of nitrogens with one attached hydrogen (secondary N) is 2. The van der Waals surface area contributed by atoms with Gasteiger partial charge in [-0.25, -0.2) is 0 Å². The third kappa shape index (κ3) is 5.05. The molecule has 1 saturated carbocycles. The van der Waals surface area contributed by atoms with Gasteiger partial charge in [-0.2, -0.15) is 0 Å². The normalized spacial score (nSPS) is 13.6. The van der Waals surface area contributed by atoms with Crippen LogP contribution in [0.3, 0.4) is 0 Å². The van der Waals surface area contributed by atoms with Gasteiger partial charge in [0.1, 0.15) is 0 Å². The summed E-state index contributed by atoms with van der Waals surface area (Å²) in [6, 6.07) is 15.4. The van der Waals surface area contributed by atoms with Crippen LogP contribution in [0.5, 0.6) is 0 Å². The van der Waals surface area contributed by atoms with Gasteiger partial charge in [0, 0.05) is 23.4 Å². The molecule has 2 aromatic rings. The minimum atomic E-state index is -0.177. The molecular formula is C21H22N2O2. The molecule has 0 aromatic heterocycles. The van der Waals surface area contributed by atoms with Crippen LogP contribution in [0.25, 0.3) is 6.08 Å². The molecule has 2 aromatic carbocycles. The molecule has 2 N–H and O–H groups in total. The summed E-state index contributed by atoms with van der Waals surface area (Å²) in [7, 11) is 0. The molecule has 4 nitrogen and oxygen atoms in total. The third-order valence-corrected chi connectivity index (χ3v) is 4.12. The summed E-state index contributed by atoms with van der Waals surface area (Å²) < 4.78 is 0. The van der Waals surface area contributed by atoms with Crippen LogP contribution in [0, 0.1) is 0 Å². The van der Waals surface area contributed by atoms with Crippen molar-refractivity contribution in [2.45, 2.75) is 32.2 Å². The SMILES string of the molecule is CCc1cccc(NC(=O)/C=C/c2ccc(C(=O)NC3CC3)cc2)c1. The van der Waals surface area contributed by atoms with Gasteiger partial charge in [-0.15, -0.1) is 0 Å². The van der Waals surface area contributed by atoms with Crippen molar-refractivity contribution in [2.24, 2.45) is 0 Å². The third-order valence-electron chi connectivity index (χ3n) is 4.12. The highest BCUT2D eigenvalue weighted by Gasteiger charge is 2.23. The second-order valence-corrected chi connectivity index (χ2v) is 6.25. The van der Waals surface area contributed by atoms with E-state index >= 15 is 0 Å². The number of carbonyl (C=O) groups excluding carboxylic acids is 2. The molecule has 0 atom stereocenters. The zero-order chi connectivity index (χ0) is 17.6. The van der Waals surface area contributed by atoms with Crippen LogP contribution < -0.4 is 10.6 Å². The van der Waals surface area contributed by atoms with Crippen LogP contribution >= 0.6 is 0 Å². The Labute approximate surface area is 148 Å². The largest absolute Gasteiger partial charge is 0.349 e. The first kappa shape index (κ1) is 17.0. The first-order valence-corrected chi connectivity index (χ1v) is 8.63. The Morgan fingerprint density at radius 1 is 1.12 bits per heavy atom. The molecule has 0 spiro atoms. The van der Waals surface area contributed by atoms with Gasteiger partial charge in [-0.3, -0.25) is 9.59 Å². The number of rotatable bonds is 6. The van der Waals surface area contributed by atoms with Crippen molar-refractivity contribution < 1.29 is 9.59 Å². The first-order valence-electron chi connectivity index (χ1n) is 8.63. The highest BCUT2D eigenvalue weighted by molar-refractivity contribution is 6.02. The summed E-state index contributed by atoms with van der Waals surface area (Å²) >= 11 is 0. The molecule has 1 aliphatic carbocycles. The number of carbonyl (C=O) groups is 2. The van der Waals surface area contributed by atoms with Crippen molar-refractivity contribution in [2.75, 3.05) is 5.32 Å². The number of amides is 2. The standard InChI is InChI=1S/C21H22N2O2/c1-2-15-4-3-5-19(14-15)22-20(24)13-8-16-6-9-17(10-7-16)21(25)23-18-11-12-18/h3-10,13-14,18H,2,11-12H2,1H3,(H,22,24)(H,23,25)/b13-8+. The van der Waals surface area contributed by atoms with Crippen LogP contribution in [-0.2, 0) is 11.2 Å². The quantitative estimate of drug-likeness (QED) is 0.790. The molecule has 0 heterocycles. The van der Waals surface area contributed by atoms with Crippen molar-refractivity contribution in [1.29, 1.82) is 0 Å². The molecule has 0 saturated heterocycles. The van der Waals surface area contributed by atoms with Crippen LogP contribution in [0.1, 0.15) is 41.3 Å². The molecule has 0 aliphatic heterocycles. The minimum Gasteiger partial charge on any atom is -0.349 e. The lowest BCUT2D eigenvalue weighted by atomic mass is 10.1. The number of hydrogen-bond donors (Lipinski definition) is 2. The fourth-order valence-electron chi connectivity index (χ4n) is 2.47. The van der Waals surface area contributed by atoms with Gasteiger partial charge < -0.3 is 10.6 Å². The number of anilines is 1. The first-order chi connectivity index (χ1) is 12.1. The van der Waals surface area contributed by atoms with Gasteiger partial charge >= 0.3 is 0 Å². The lowest BCUT2D eigenvalue weighted by molar-refractivity contribution is -0.111. The van der Waals surface area contributed by atoms with E-state index < -0.39 is 0 Å². The molecule has 2 amide bonds. The van der Waals surface area contributed by atoms with Crippen molar-refractivity contribution in [3.63, 3.8) is 0 Å². The van der Waals surface area contributed by atoms with Crippen molar-refractivity contribution in [1.82, 2.24) is 5.32 Å².